The lowest BCUT2D eigenvalue weighted by atomic mass is 10.0. The molecule has 2 unspecified atom stereocenters. The van der Waals surface area contributed by atoms with E-state index in [0.29, 0.717) is 23.9 Å². The molecule has 0 bridgehead atoms. The summed E-state index contributed by atoms with van der Waals surface area (Å²) in [6, 6.07) is 0. The van der Waals surface area contributed by atoms with Crippen LogP contribution in [0.2, 0.25) is 0 Å². The molecular formula is C65H111NO8. The Bertz CT molecular complexity index is 1530. The maximum Gasteiger partial charge on any atom is 0.306 e. The molecule has 0 amide bonds. The van der Waals surface area contributed by atoms with Crippen LogP contribution in [-0.4, -0.2) is 82.3 Å². The van der Waals surface area contributed by atoms with Crippen molar-refractivity contribution in [2.45, 2.75) is 251 Å². The van der Waals surface area contributed by atoms with E-state index in [4.69, 9.17) is 18.9 Å². The van der Waals surface area contributed by atoms with Crippen molar-refractivity contribution < 1.29 is 42.9 Å². The Balaban J connectivity index is 3.95. The Morgan fingerprint density at radius 2 is 0.770 bits per heavy atom. The molecule has 9 heteroatoms. The Kier molecular flexibility index (Phi) is 52.6. The van der Waals surface area contributed by atoms with Crippen LogP contribution in [0.25, 0.3) is 0 Å². The molecule has 0 saturated carbocycles. The number of quaternary nitrogens is 1. The summed E-state index contributed by atoms with van der Waals surface area (Å²) >= 11 is 0. The highest BCUT2D eigenvalue weighted by Crippen LogP contribution is 2.16. The van der Waals surface area contributed by atoms with Gasteiger partial charge in [-0.15, -0.1) is 0 Å². The van der Waals surface area contributed by atoms with Crippen molar-refractivity contribution in [3.8, 4) is 0 Å². The van der Waals surface area contributed by atoms with Gasteiger partial charge in [-0.25, -0.2) is 0 Å². The van der Waals surface area contributed by atoms with Crippen LogP contribution in [-0.2, 0) is 33.3 Å². The Morgan fingerprint density at radius 1 is 0.419 bits per heavy atom. The molecule has 0 aromatic rings. The minimum atomic E-state index is -1.62. The standard InChI is InChI=1S/C65H111NO8/c1-6-8-10-12-14-16-17-18-19-20-21-22-23-24-25-26-27-28-29-30-31-32-33-34-35-36-37-38-39-40-41-42-43-44-45-46-47-48-50-52-54-56-63(68)74-61(60-73-65(64(69)70)71-58-57-66(3,4)5)59-72-62(67)55-53-51-49-15-13-11-9-7-2/h8,10,14,16,18-19,21-22,24-25,27-28,30-31,33-34,61,65H,6-7,9,11-13,15,17,20,23,26,29,32,35-60H2,1-5H3/b10-8-,16-14-,19-18-,22-21-,25-24-,28-27-,31-30-,34-33-. The first-order chi connectivity index (χ1) is 36.1. The molecule has 2 atom stereocenters. The molecule has 0 fully saturated rings. The van der Waals surface area contributed by atoms with Crippen molar-refractivity contribution >= 4 is 17.9 Å². The first-order valence-electron chi connectivity index (χ1n) is 29.9. The zero-order valence-corrected chi connectivity index (χ0v) is 48.2. The average molecular weight is 1030 g/mol. The summed E-state index contributed by atoms with van der Waals surface area (Å²) in [6.45, 7) is 4.59. The van der Waals surface area contributed by atoms with Crippen LogP contribution in [0.5, 0.6) is 0 Å². The number of unbranched alkanes of at least 4 members (excludes halogenated alkanes) is 23. The molecule has 0 aliphatic heterocycles. The van der Waals surface area contributed by atoms with E-state index in [-0.39, 0.29) is 32.2 Å². The van der Waals surface area contributed by atoms with Gasteiger partial charge in [-0.3, -0.25) is 9.59 Å². The lowest BCUT2D eigenvalue weighted by Crippen LogP contribution is -2.44. The van der Waals surface area contributed by atoms with Gasteiger partial charge in [0.25, 0.3) is 0 Å². The predicted octanol–water partition coefficient (Wildman–Crippen LogP) is 16.4. The second-order valence-electron chi connectivity index (χ2n) is 20.9. The van der Waals surface area contributed by atoms with E-state index in [9.17, 15) is 19.5 Å². The number of carbonyl (C=O) groups is 3. The number of carbonyl (C=O) groups excluding carboxylic acids is 3. The van der Waals surface area contributed by atoms with Gasteiger partial charge in [0.15, 0.2) is 12.4 Å². The summed E-state index contributed by atoms with van der Waals surface area (Å²) in [5, 5.41) is 11.7. The van der Waals surface area contributed by atoms with Crippen molar-refractivity contribution in [1.82, 2.24) is 0 Å². The van der Waals surface area contributed by atoms with Gasteiger partial charge >= 0.3 is 11.9 Å². The molecule has 9 nitrogen and oxygen atoms in total. The highest BCUT2D eigenvalue weighted by atomic mass is 16.7. The van der Waals surface area contributed by atoms with Crippen LogP contribution in [0.4, 0.5) is 0 Å². The normalized spacial score (nSPS) is 13.5. The number of rotatable bonds is 54. The number of hydrogen-bond donors (Lipinski definition) is 0. The number of esters is 2. The van der Waals surface area contributed by atoms with Gasteiger partial charge in [0.1, 0.15) is 13.2 Å². The summed E-state index contributed by atoms with van der Waals surface area (Å²) in [7, 11) is 5.91. The lowest BCUT2D eigenvalue weighted by molar-refractivity contribution is -0.870. The second kappa shape index (κ2) is 55.4. The van der Waals surface area contributed by atoms with Crippen molar-refractivity contribution in [3.05, 3.63) is 97.2 Å². The summed E-state index contributed by atoms with van der Waals surface area (Å²) in [5.74, 6) is -2.29. The number of allylic oxidation sites excluding steroid dienone is 16. The van der Waals surface area contributed by atoms with Crippen LogP contribution in [0, 0.1) is 0 Å². The van der Waals surface area contributed by atoms with Gasteiger partial charge in [-0.05, 0) is 77.0 Å². The molecule has 0 aliphatic rings. The molecule has 0 spiro atoms. The predicted molar refractivity (Wildman–Crippen MR) is 311 cm³/mol. The highest BCUT2D eigenvalue weighted by molar-refractivity contribution is 5.70. The van der Waals surface area contributed by atoms with Crippen molar-refractivity contribution in [3.63, 3.8) is 0 Å². The third-order valence-electron chi connectivity index (χ3n) is 12.6. The maximum absolute atomic E-state index is 12.8. The van der Waals surface area contributed by atoms with E-state index in [0.717, 1.165) is 89.9 Å². The summed E-state index contributed by atoms with van der Waals surface area (Å²) in [6.07, 6.45) is 72.2. The third kappa shape index (κ3) is 55.9. The fourth-order valence-electron chi connectivity index (χ4n) is 8.02. The number of hydrogen-bond acceptors (Lipinski definition) is 8. The lowest BCUT2D eigenvalue weighted by Gasteiger charge is -2.26. The van der Waals surface area contributed by atoms with Crippen LogP contribution in [0.15, 0.2) is 97.2 Å². The minimum Gasteiger partial charge on any atom is -0.545 e. The van der Waals surface area contributed by atoms with Crippen molar-refractivity contribution in [2.24, 2.45) is 0 Å². The van der Waals surface area contributed by atoms with E-state index in [1.807, 2.05) is 21.1 Å². The Hall–Kier alpha value is -3.79. The van der Waals surface area contributed by atoms with Gasteiger partial charge in [0.05, 0.1) is 40.3 Å². The second-order valence-corrected chi connectivity index (χ2v) is 20.9. The molecule has 0 N–H and O–H groups in total. The van der Waals surface area contributed by atoms with Gasteiger partial charge in [0.2, 0.25) is 0 Å². The zero-order valence-electron chi connectivity index (χ0n) is 48.2. The molecule has 0 saturated heterocycles. The zero-order chi connectivity index (χ0) is 54.1. The third-order valence-corrected chi connectivity index (χ3v) is 12.6. The summed E-state index contributed by atoms with van der Waals surface area (Å²) in [5.41, 5.74) is 0. The fraction of sp³-hybridized carbons (Fsp3) is 0.708. The van der Waals surface area contributed by atoms with Gasteiger partial charge in [-0.1, -0.05) is 246 Å². The molecule has 0 aromatic carbocycles. The van der Waals surface area contributed by atoms with Gasteiger partial charge in [-0.2, -0.15) is 0 Å². The number of aliphatic carboxylic acids is 1. The van der Waals surface area contributed by atoms with Crippen LogP contribution < -0.4 is 5.11 Å². The quantitative estimate of drug-likeness (QED) is 0.0195. The molecule has 0 aromatic heterocycles. The van der Waals surface area contributed by atoms with E-state index in [2.05, 4.69) is 111 Å². The topological polar surface area (TPSA) is 111 Å². The SMILES string of the molecule is CC/C=C\C/C=C\C/C=C\C/C=C\C/C=C\C/C=C\C/C=C\C/C=C\CCCCCCCCCCCCCCCCCCC(=O)OC(COC(=O)CCCCCCCCCC)COC(OCC[N+](C)(C)C)C(=O)[O-]. The molecule has 0 heterocycles. The van der Waals surface area contributed by atoms with Gasteiger partial charge < -0.3 is 33.3 Å². The fourth-order valence-corrected chi connectivity index (χ4v) is 8.02. The smallest absolute Gasteiger partial charge is 0.306 e. The van der Waals surface area contributed by atoms with Crippen LogP contribution >= 0.6 is 0 Å². The van der Waals surface area contributed by atoms with E-state index in [1.54, 1.807) is 0 Å². The molecule has 0 aliphatic carbocycles. The van der Waals surface area contributed by atoms with Crippen LogP contribution in [0.3, 0.4) is 0 Å². The van der Waals surface area contributed by atoms with Crippen molar-refractivity contribution in [2.75, 3.05) is 47.5 Å². The highest BCUT2D eigenvalue weighted by Gasteiger charge is 2.22. The summed E-state index contributed by atoms with van der Waals surface area (Å²) in [4.78, 5) is 37.0. The molecule has 0 rings (SSSR count). The Labute approximate surface area is 454 Å². The number of ether oxygens (including phenoxy) is 4. The van der Waals surface area contributed by atoms with Gasteiger partial charge in [0, 0.05) is 12.8 Å². The number of nitrogens with zero attached hydrogens (tertiary/aromatic N) is 1. The number of carboxylic acid groups (broad SMARTS) is 1. The number of carboxylic acids is 1. The van der Waals surface area contributed by atoms with Crippen LogP contribution in [0.1, 0.15) is 239 Å². The van der Waals surface area contributed by atoms with E-state index >= 15 is 0 Å². The molecule has 0 radical (unpaired) electrons. The monoisotopic (exact) mass is 1030 g/mol. The largest absolute Gasteiger partial charge is 0.545 e. The average Bonchev–Trinajstić information content (AvgIpc) is 3.37. The number of likely N-dealkylation sites (N-methyl/N-ethyl adjacent to an activating group) is 1. The van der Waals surface area contributed by atoms with Crippen molar-refractivity contribution in [1.29, 1.82) is 0 Å². The molecular weight excluding hydrogens is 923 g/mol. The molecule has 424 valence electrons. The van der Waals surface area contributed by atoms with E-state index < -0.39 is 24.3 Å². The first-order valence-corrected chi connectivity index (χ1v) is 29.9. The molecule has 74 heavy (non-hydrogen) atoms. The van der Waals surface area contributed by atoms with E-state index in [1.165, 1.54) is 116 Å². The minimum absolute atomic E-state index is 0.147. The maximum atomic E-state index is 12.8. The Morgan fingerprint density at radius 3 is 1.15 bits per heavy atom. The summed E-state index contributed by atoms with van der Waals surface area (Å²) < 4.78 is 22.6. The first kappa shape index (κ1) is 70.2.